The van der Waals surface area contributed by atoms with Crippen LogP contribution in [0, 0.1) is 5.92 Å². The van der Waals surface area contributed by atoms with Gasteiger partial charge in [0.1, 0.15) is 0 Å². The molecule has 1 heterocycles. The first-order valence-electron chi connectivity index (χ1n) is 9.25. The normalized spacial score (nSPS) is 17.5. The van der Waals surface area contributed by atoms with Crippen molar-refractivity contribution >= 4 is 41.5 Å². The zero-order valence-corrected chi connectivity index (χ0v) is 19.3. The Morgan fingerprint density at radius 3 is 2.54 bits per heavy atom. The molecule has 2 N–H and O–H groups in total. The zero-order valence-electron chi connectivity index (χ0n) is 16.2. The van der Waals surface area contributed by atoms with Crippen LogP contribution in [0.15, 0.2) is 29.3 Å². The molecule has 1 aliphatic rings. The maximum Gasteiger partial charge on any atom is 0.191 e. The maximum absolute atomic E-state index is 6.21. The van der Waals surface area contributed by atoms with Gasteiger partial charge in [0.15, 0.2) is 5.96 Å². The van der Waals surface area contributed by atoms with E-state index in [0.717, 1.165) is 36.2 Å². The van der Waals surface area contributed by atoms with Crippen molar-refractivity contribution < 1.29 is 0 Å². The number of nitrogens with zero attached hydrogens (tertiary/aromatic N) is 3. The van der Waals surface area contributed by atoms with Crippen LogP contribution >= 0.6 is 35.6 Å². The fourth-order valence-corrected chi connectivity index (χ4v) is 3.13. The third-order valence-corrected chi connectivity index (χ3v) is 4.86. The molecule has 0 amide bonds. The van der Waals surface area contributed by atoms with Crippen molar-refractivity contribution in [2.45, 2.75) is 20.4 Å². The van der Waals surface area contributed by atoms with Gasteiger partial charge in [0, 0.05) is 50.8 Å². The third kappa shape index (κ3) is 8.41. The first kappa shape index (κ1) is 23.5. The number of hydrogen-bond donors (Lipinski definition) is 2. The second kappa shape index (κ2) is 12.8. The topological polar surface area (TPSA) is 42.9 Å². The van der Waals surface area contributed by atoms with Crippen LogP contribution in [-0.4, -0.2) is 68.6 Å². The summed E-state index contributed by atoms with van der Waals surface area (Å²) < 4.78 is 0. The first-order valence-corrected chi connectivity index (χ1v) is 9.62. The number of aliphatic imine (C=N–C) groups is 1. The van der Waals surface area contributed by atoms with Crippen LogP contribution in [0.5, 0.6) is 0 Å². The molecule has 1 unspecified atom stereocenters. The monoisotopic (exact) mass is 493 g/mol. The molecule has 0 radical (unpaired) electrons. The van der Waals surface area contributed by atoms with Crippen LogP contribution in [0.3, 0.4) is 0 Å². The van der Waals surface area contributed by atoms with E-state index in [9.17, 15) is 0 Å². The summed E-state index contributed by atoms with van der Waals surface area (Å²) in [5.41, 5.74) is 1.05. The van der Waals surface area contributed by atoms with Gasteiger partial charge in [-0.05, 0) is 31.5 Å². The van der Waals surface area contributed by atoms with Crippen LogP contribution in [0.1, 0.15) is 19.4 Å². The summed E-state index contributed by atoms with van der Waals surface area (Å²) in [6, 6.07) is 7.87. The average molecular weight is 494 g/mol. The summed E-state index contributed by atoms with van der Waals surface area (Å²) >= 11 is 6.21. The van der Waals surface area contributed by atoms with Crippen LogP contribution in [0.2, 0.25) is 5.02 Å². The molecule has 2 rings (SSSR count). The predicted molar refractivity (Wildman–Crippen MR) is 123 cm³/mol. The molecule has 0 aromatic heterocycles. The zero-order chi connectivity index (χ0) is 18.1. The van der Waals surface area contributed by atoms with Crippen LogP contribution in [-0.2, 0) is 6.54 Å². The van der Waals surface area contributed by atoms with Gasteiger partial charge < -0.3 is 20.4 Å². The van der Waals surface area contributed by atoms with E-state index in [2.05, 4.69) is 46.3 Å². The summed E-state index contributed by atoms with van der Waals surface area (Å²) in [6.45, 7) is 12.5. The lowest BCUT2D eigenvalue weighted by Gasteiger charge is -2.34. The number of piperazine rings is 1. The Morgan fingerprint density at radius 2 is 1.88 bits per heavy atom. The molecule has 1 fully saturated rings. The van der Waals surface area contributed by atoms with E-state index in [0.29, 0.717) is 12.5 Å². The lowest BCUT2D eigenvalue weighted by molar-refractivity contribution is 0.139. The van der Waals surface area contributed by atoms with Gasteiger partial charge in [0.2, 0.25) is 0 Å². The molecule has 5 nitrogen and oxygen atoms in total. The SMILES string of the molecule is CCNC(=NCc1ccccc1Cl)NCC(C)CN1CCN(C)CC1.I. The van der Waals surface area contributed by atoms with Gasteiger partial charge in [-0.3, -0.25) is 0 Å². The molecule has 26 heavy (non-hydrogen) atoms. The highest BCUT2D eigenvalue weighted by Gasteiger charge is 2.16. The lowest BCUT2D eigenvalue weighted by atomic mass is 10.1. The Bertz CT molecular complexity index is 546. The Hall–Kier alpha value is -0.570. The van der Waals surface area contributed by atoms with Gasteiger partial charge in [-0.25, -0.2) is 4.99 Å². The van der Waals surface area contributed by atoms with Crippen molar-refractivity contribution in [3.05, 3.63) is 34.9 Å². The second-order valence-corrected chi connectivity index (χ2v) is 7.28. The Morgan fingerprint density at radius 1 is 1.19 bits per heavy atom. The number of guanidine groups is 1. The molecular formula is C19H33ClIN5. The molecule has 148 valence electrons. The molecule has 1 aliphatic heterocycles. The highest BCUT2D eigenvalue weighted by molar-refractivity contribution is 14.0. The molecule has 7 heteroatoms. The number of benzene rings is 1. The fraction of sp³-hybridized carbons (Fsp3) is 0.632. The quantitative estimate of drug-likeness (QED) is 0.348. The van der Waals surface area contributed by atoms with Crippen LogP contribution < -0.4 is 10.6 Å². The molecule has 1 saturated heterocycles. The highest BCUT2D eigenvalue weighted by atomic mass is 127. The van der Waals surface area contributed by atoms with Crippen molar-refractivity contribution in [2.24, 2.45) is 10.9 Å². The number of halogens is 2. The fourth-order valence-electron chi connectivity index (χ4n) is 2.94. The largest absolute Gasteiger partial charge is 0.357 e. The number of rotatable bonds is 7. The van der Waals surface area contributed by atoms with Crippen LogP contribution in [0.25, 0.3) is 0 Å². The third-order valence-electron chi connectivity index (χ3n) is 4.49. The van der Waals surface area contributed by atoms with Gasteiger partial charge in [0.25, 0.3) is 0 Å². The predicted octanol–water partition coefficient (Wildman–Crippen LogP) is 2.90. The minimum absolute atomic E-state index is 0. The van der Waals surface area contributed by atoms with Crippen molar-refractivity contribution in [3.8, 4) is 0 Å². The van der Waals surface area contributed by atoms with E-state index in [1.165, 1.54) is 26.2 Å². The standard InChI is InChI=1S/C19H32ClN5.HI/c1-4-21-19(23-14-17-7-5-6-8-18(17)20)22-13-16(2)15-25-11-9-24(3)10-12-25;/h5-8,16H,4,9-15H2,1-3H3,(H2,21,22,23);1H. The van der Waals surface area contributed by atoms with Crippen molar-refractivity contribution in [1.82, 2.24) is 20.4 Å². The smallest absolute Gasteiger partial charge is 0.191 e. The number of likely N-dealkylation sites (N-methyl/N-ethyl adjacent to an activating group) is 1. The van der Waals surface area contributed by atoms with E-state index >= 15 is 0 Å². The van der Waals surface area contributed by atoms with Gasteiger partial charge >= 0.3 is 0 Å². The Kier molecular flexibility index (Phi) is 11.5. The second-order valence-electron chi connectivity index (χ2n) is 6.88. The Labute approximate surface area is 180 Å². The molecule has 1 atom stereocenters. The van der Waals surface area contributed by atoms with Crippen LogP contribution in [0.4, 0.5) is 0 Å². The minimum Gasteiger partial charge on any atom is -0.357 e. The molecule has 0 saturated carbocycles. The average Bonchev–Trinajstić information content (AvgIpc) is 2.60. The summed E-state index contributed by atoms with van der Waals surface area (Å²) in [4.78, 5) is 9.61. The van der Waals surface area contributed by atoms with E-state index < -0.39 is 0 Å². The number of nitrogens with one attached hydrogen (secondary N) is 2. The molecule has 0 spiro atoms. The number of hydrogen-bond acceptors (Lipinski definition) is 3. The summed E-state index contributed by atoms with van der Waals surface area (Å²) in [5, 5.41) is 7.55. The van der Waals surface area contributed by atoms with Crippen molar-refractivity contribution in [1.29, 1.82) is 0 Å². The van der Waals surface area contributed by atoms with E-state index in [1.54, 1.807) is 0 Å². The van der Waals surface area contributed by atoms with Gasteiger partial charge in [-0.1, -0.05) is 36.7 Å². The van der Waals surface area contributed by atoms with Gasteiger partial charge in [-0.2, -0.15) is 0 Å². The Balaban J connectivity index is 0.00000338. The van der Waals surface area contributed by atoms with E-state index in [-0.39, 0.29) is 24.0 Å². The summed E-state index contributed by atoms with van der Waals surface area (Å²) in [5.74, 6) is 1.43. The minimum atomic E-state index is 0. The van der Waals surface area contributed by atoms with Crippen molar-refractivity contribution in [2.75, 3.05) is 52.9 Å². The summed E-state index contributed by atoms with van der Waals surface area (Å²) in [7, 11) is 2.19. The first-order chi connectivity index (χ1) is 12.1. The molecule has 1 aromatic rings. The van der Waals surface area contributed by atoms with E-state index in [1.807, 2.05) is 24.3 Å². The van der Waals surface area contributed by atoms with E-state index in [4.69, 9.17) is 11.6 Å². The van der Waals surface area contributed by atoms with Crippen molar-refractivity contribution in [3.63, 3.8) is 0 Å². The molecule has 0 aliphatic carbocycles. The highest BCUT2D eigenvalue weighted by Crippen LogP contribution is 2.15. The molecule has 1 aromatic carbocycles. The van der Waals surface area contributed by atoms with Gasteiger partial charge in [0.05, 0.1) is 6.54 Å². The molecule has 0 bridgehead atoms. The maximum atomic E-state index is 6.21. The molecular weight excluding hydrogens is 461 g/mol. The summed E-state index contributed by atoms with van der Waals surface area (Å²) in [6.07, 6.45) is 0. The van der Waals surface area contributed by atoms with Gasteiger partial charge in [-0.15, -0.1) is 24.0 Å². The lowest BCUT2D eigenvalue weighted by Crippen LogP contribution is -2.47.